The molecule has 0 aromatic carbocycles. The highest BCUT2D eigenvalue weighted by Crippen LogP contribution is 2.10. The molecular formula is C12H17N3OS. The van der Waals surface area contributed by atoms with Crippen LogP contribution >= 0.6 is 11.8 Å². The summed E-state index contributed by atoms with van der Waals surface area (Å²) in [5.74, 6) is 2.13. The summed E-state index contributed by atoms with van der Waals surface area (Å²) < 4.78 is 0. The molecule has 0 aliphatic carbocycles. The van der Waals surface area contributed by atoms with Gasteiger partial charge >= 0.3 is 0 Å². The largest absolute Gasteiger partial charge is 0.340 e. The number of hydrogen-bond donors (Lipinski definition) is 1. The van der Waals surface area contributed by atoms with E-state index < -0.39 is 0 Å². The van der Waals surface area contributed by atoms with Crippen LogP contribution in [0.25, 0.3) is 0 Å². The van der Waals surface area contributed by atoms with Crippen LogP contribution < -0.4 is 5.32 Å². The third-order valence-corrected chi connectivity index (χ3v) is 3.80. The van der Waals surface area contributed by atoms with Crippen molar-refractivity contribution < 1.29 is 4.79 Å². The number of aromatic nitrogens is 1. The van der Waals surface area contributed by atoms with Crippen LogP contribution in [-0.2, 0) is 11.3 Å². The molecule has 2 rings (SSSR count). The molecule has 2 heterocycles. The van der Waals surface area contributed by atoms with Crippen LogP contribution in [0.4, 0.5) is 0 Å². The summed E-state index contributed by atoms with van der Waals surface area (Å²) in [4.78, 5) is 17.9. The van der Waals surface area contributed by atoms with Gasteiger partial charge in [0.1, 0.15) is 0 Å². The first-order valence-electron chi connectivity index (χ1n) is 5.72. The lowest BCUT2D eigenvalue weighted by atomic mass is 10.2. The molecule has 0 spiro atoms. The van der Waals surface area contributed by atoms with Gasteiger partial charge in [-0.25, -0.2) is 0 Å². The van der Waals surface area contributed by atoms with Crippen molar-refractivity contribution >= 4 is 17.7 Å². The first-order valence-corrected chi connectivity index (χ1v) is 6.88. The number of thioether (sulfide) groups is 1. The molecular weight excluding hydrogens is 234 g/mol. The minimum atomic E-state index is -0.0320. The van der Waals surface area contributed by atoms with Crippen molar-refractivity contribution in [3.63, 3.8) is 0 Å². The van der Waals surface area contributed by atoms with Gasteiger partial charge in [-0.1, -0.05) is 6.07 Å². The Morgan fingerprint density at radius 3 is 3.24 bits per heavy atom. The second-order valence-corrected chi connectivity index (χ2v) is 5.29. The molecule has 1 atom stereocenters. The highest BCUT2D eigenvalue weighted by molar-refractivity contribution is 7.99. The molecule has 1 unspecified atom stereocenters. The monoisotopic (exact) mass is 251 g/mol. The Bertz CT molecular complexity index is 365. The normalized spacial score (nSPS) is 19.9. The highest BCUT2D eigenvalue weighted by Gasteiger charge is 2.23. The summed E-state index contributed by atoms with van der Waals surface area (Å²) >= 11 is 1.83. The molecule has 5 heteroatoms. The van der Waals surface area contributed by atoms with Crippen molar-refractivity contribution in [1.82, 2.24) is 15.2 Å². The zero-order valence-corrected chi connectivity index (χ0v) is 10.7. The number of hydrogen-bond acceptors (Lipinski definition) is 4. The molecule has 1 saturated heterocycles. The molecule has 17 heavy (non-hydrogen) atoms. The quantitative estimate of drug-likeness (QED) is 0.861. The summed E-state index contributed by atoms with van der Waals surface area (Å²) in [7, 11) is 1.84. The van der Waals surface area contributed by atoms with Gasteiger partial charge in [-0.05, 0) is 11.6 Å². The van der Waals surface area contributed by atoms with Crippen LogP contribution in [-0.4, -0.2) is 46.9 Å². The maximum atomic E-state index is 12.1. The maximum absolute atomic E-state index is 12.1. The Labute approximate surface area is 106 Å². The summed E-state index contributed by atoms with van der Waals surface area (Å²) in [5.41, 5.74) is 1.06. The number of nitrogens with zero attached hydrogens (tertiary/aromatic N) is 2. The van der Waals surface area contributed by atoms with E-state index in [-0.39, 0.29) is 11.9 Å². The number of nitrogens with one attached hydrogen (secondary N) is 1. The van der Waals surface area contributed by atoms with Crippen molar-refractivity contribution in [2.75, 3.05) is 25.1 Å². The van der Waals surface area contributed by atoms with E-state index in [4.69, 9.17) is 0 Å². The van der Waals surface area contributed by atoms with E-state index in [1.165, 1.54) is 0 Å². The zero-order chi connectivity index (χ0) is 12.1. The predicted octanol–water partition coefficient (Wildman–Crippen LogP) is 0.745. The third kappa shape index (κ3) is 3.44. The van der Waals surface area contributed by atoms with Gasteiger partial charge in [-0.3, -0.25) is 9.78 Å². The molecule has 1 fully saturated rings. The number of carbonyl (C=O) groups excluding carboxylic acids is 1. The van der Waals surface area contributed by atoms with Crippen LogP contribution in [0.3, 0.4) is 0 Å². The Hall–Kier alpha value is -1.07. The van der Waals surface area contributed by atoms with Gasteiger partial charge in [-0.15, -0.1) is 0 Å². The van der Waals surface area contributed by atoms with E-state index in [9.17, 15) is 4.79 Å². The van der Waals surface area contributed by atoms with Crippen molar-refractivity contribution in [3.05, 3.63) is 30.1 Å². The van der Waals surface area contributed by atoms with Crippen molar-refractivity contribution in [2.24, 2.45) is 0 Å². The van der Waals surface area contributed by atoms with Crippen molar-refractivity contribution in [2.45, 2.75) is 12.6 Å². The van der Waals surface area contributed by atoms with Crippen molar-refractivity contribution in [1.29, 1.82) is 0 Å². The van der Waals surface area contributed by atoms with Crippen LogP contribution in [0, 0.1) is 0 Å². The number of carbonyl (C=O) groups is 1. The molecule has 0 radical (unpaired) electrons. The van der Waals surface area contributed by atoms with Gasteiger partial charge in [0.05, 0.1) is 6.04 Å². The number of rotatable bonds is 3. The second-order valence-electron chi connectivity index (χ2n) is 4.14. The van der Waals surface area contributed by atoms with Crippen LogP contribution in [0.15, 0.2) is 24.5 Å². The smallest absolute Gasteiger partial charge is 0.240 e. The first kappa shape index (κ1) is 12.4. The minimum absolute atomic E-state index is 0.0320. The topological polar surface area (TPSA) is 45.2 Å². The Kier molecular flexibility index (Phi) is 4.39. The van der Waals surface area contributed by atoms with E-state index in [1.54, 1.807) is 17.3 Å². The van der Waals surface area contributed by atoms with E-state index in [0.29, 0.717) is 6.54 Å². The fourth-order valence-electron chi connectivity index (χ4n) is 1.83. The summed E-state index contributed by atoms with van der Waals surface area (Å²) in [6, 6.07) is 3.85. The molecule has 1 aliphatic heterocycles. The van der Waals surface area contributed by atoms with Gasteiger partial charge < -0.3 is 10.2 Å². The molecule has 1 aromatic heterocycles. The van der Waals surface area contributed by atoms with Gasteiger partial charge in [-0.2, -0.15) is 11.8 Å². The lowest BCUT2D eigenvalue weighted by molar-refractivity contribution is -0.132. The Morgan fingerprint density at radius 2 is 2.59 bits per heavy atom. The maximum Gasteiger partial charge on any atom is 0.240 e. The summed E-state index contributed by atoms with van der Waals surface area (Å²) in [6.45, 7) is 1.54. The molecule has 1 aliphatic rings. The zero-order valence-electron chi connectivity index (χ0n) is 9.93. The van der Waals surface area contributed by atoms with Crippen molar-refractivity contribution in [3.8, 4) is 0 Å². The Morgan fingerprint density at radius 1 is 1.71 bits per heavy atom. The van der Waals surface area contributed by atoms with E-state index in [1.807, 2.05) is 30.9 Å². The van der Waals surface area contributed by atoms with E-state index in [2.05, 4.69) is 10.3 Å². The average molecular weight is 251 g/mol. The molecule has 1 aromatic rings. The fourth-order valence-corrected chi connectivity index (χ4v) is 2.76. The molecule has 0 bridgehead atoms. The van der Waals surface area contributed by atoms with E-state index in [0.717, 1.165) is 23.6 Å². The van der Waals surface area contributed by atoms with Gasteiger partial charge in [0.25, 0.3) is 0 Å². The Balaban J connectivity index is 1.90. The van der Waals surface area contributed by atoms with E-state index >= 15 is 0 Å². The molecule has 92 valence electrons. The number of amides is 1. The predicted molar refractivity (Wildman–Crippen MR) is 69.8 cm³/mol. The lowest BCUT2D eigenvalue weighted by Crippen LogP contribution is -2.49. The first-order chi connectivity index (χ1) is 8.27. The minimum Gasteiger partial charge on any atom is -0.340 e. The molecule has 0 saturated carbocycles. The lowest BCUT2D eigenvalue weighted by Gasteiger charge is -2.27. The summed E-state index contributed by atoms with van der Waals surface area (Å²) in [5, 5.41) is 3.26. The SMILES string of the molecule is CN(Cc1cccnc1)C(=O)C1CSCCN1. The average Bonchev–Trinajstić information content (AvgIpc) is 2.40. The van der Waals surface area contributed by atoms with Gasteiger partial charge in [0.2, 0.25) is 5.91 Å². The van der Waals surface area contributed by atoms with Crippen LogP contribution in [0.1, 0.15) is 5.56 Å². The number of likely N-dealkylation sites (N-methyl/N-ethyl adjacent to an activating group) is 1. The number of pyridine rings is 1. The second kappa shape index (κ2) is 6.02. The molecule has 1 N–H and O–H groups in total. The van der Waals surface area contributed by atoms with Crippen LogP contribution in [0.2, 0.25) is 0 Å². The molecule has 4 nitrogen and oxygen atoms in total. The molecule has 1 amide bonds. The standard InChI is InChI=1S/C12H17N3OS/c1-15(8-10-3-2-4-13-7-10)12(16)11-9-17-6-5-14-11/h2-4,7,11,14H,5-6,8-9H2,1H3. The van der Waals surface area contributed by atoms with Crippen LogP contribution in [0.5, 0.6) is 0 Å². The van der Waals surface area contributed by atoms with Gasteiger partial charge in [0, 0.05) is 44.0 Å². The highest BCUT2D eigenvalue weighted by atomic mass is 32.2. The fraction of sp³-hybridized carbons (Fsp3) is 0.500. The summed E-state index contributed by atoms with van der Waals surface area (Å²) in [6.07, 6.45) is 3.54. The third-order valence-electron chi connectivity index (χ3n) is 2.74. The van der Waals surface area contributed by atoms with Gasteiger partial charge in [0.15, 0.2) is 0 Å².